The van der Waals surface area contributed by atoms with E-state index in [9.17, 15) is 12.8 Å². The van der Waals surface area contributed by atoms with E-state index in [1.807, 2.05) is 17.5 Å². The van der Waals surface area contributed by atoms with Crippen LogP contribution in [0.3, 0.4) is 0 Å². The SMILES string of the molecule is Cc1cc(F)ccc1S(=O)(=O)NCC(OCCO)c1cccs1. The Bertz CT molecular complexity index is 732. The van der Waals surface area contributed by atoms with Crippen molar-refractivity contribution in [2.45, 2.75) is 17.9 Å². The summed E-state index contributed by atoms with van der Waals surface area (Å²) in [5.74, 6) is -0.482. The fourth-order valence-electron chi connectivity index (χ4n) is 2.09. The molecule has 5 nitrogen and oxygen atoms in total. The van der Waals surface area contributed by atoms with Crippen LogP contribution in [0.5, 0.6) is 0 Å². The minimum atomic E-state index is -3.77. The molecular weight excluding hydrogens is 341 g/mol. The molecule has 0 saturated carbocycles. The molecule has 0 amide bonds. The van der Waals surface area contributed by atoms with E-state index in [2.05, 4.69) is 4.72 Å². The van der Waals surface area contributed by atoms with E-state index < -0.39 is 21.9 Å². The smallest absolute Gasteiger partial charge is 0.240 e. The number of aliphatic hydroxyl groups excluding tert-OH is 1. The molecule has 0 fully saturated rings. The molecule has 0 bridgehead atoms. The first-order chi connectivity index (χ1) is 10.9. The normalized spacial score (nSPS) is 13.2. The monoisotopic (exact) mass is 359 g/mol. The summed E-state index contributed by atoms with van der Waals surface area (Å²) in [7, 11) is -3.77. The Hall–Kier alpha value is -1.32. The molecule has 0 spiro atoms. The third-order valence-corrected chi connectivity index (χ3v) is 5.70. The van der Waals surface area contributed by atoms with Gasteiger partial charge in [0.25, 0.3) is 0 Å². The maximum absolute atomic E-state index is 13.1. The van der Waals surface area contributed by atoms with Crippen molar-refractivity contribution < 1.29 is 22.7 Å². The van der Waals surface area contributed by atoms with Crippen molar-refractivity contribution in [2.75, 3.05) is 19.8 Å². The fourth-order valence-corrected chi connectivity index (χ4v) is 4.12. The van der Waals surface area contributed by atoms with Crippen LogP contribution in [0.2, 0.25) is 0 Å². The second-order valence-corrected chi connectivity index (χ2v) is 7.57. The molecule has 1 aromatic heterocycles. The zero-order valence-corrected chi connectivity index (χ0v) is 14.2. The van der Waals surface area contributed by atoms with Gasteiger partial charge in [0.2, 0.25) is 10.0 Å². The lowest BCUT2D eigenvalue weighted by Gasteiger charge is -2.17. The summed E-state index contributed by atoms with van der Waals surface area (Å²) in [5.41, 5.74) is 0.335. The van der Waals surface area contributed by atoms with Crippen molar-refractivity contribution in [3.63, 3.8) is 0 Å². The number of aryl methyl sites for hydroxylation is 1. The number of rotatable bonds is 8. The third-order valence-electron chi connectivity index (χ3n) is 3.16. The van der Waals surface area contributed by atoms with Crippen LogP contribution in [-0.2, 0) is 14.8 Å². The number of aliphatic hydroxyl groups is 1. The third kappa shape index (κ3) is 4.82. The first kappa shape index (κ1) is 18.0. The molecule has 0 aliphatic carbocycles. The van der Waals surface area contributed by atoms with Crippen molar-refractivity contribution in [3.05, 3.63) is 52.0 Å². The Kier molecular flexibility index (Phi) is 6.25. The number of ether oxygens (including phenoxy) is 1. The van der Waals surface area contributed by atoms with Crippen LogP contribution in [0.4, 0.5) is 4.39 Å². The first-order valence-electron chi connectivity index (χ1n) is 6.95. The molecule has 0 saturated heterocycles. The average molecular weight is 359 g/mol. The van der Waals surface area contributed by atoms with Crippen molar-refractivity contribution in [1.29, 1.82) is 0 Å². The molecule has 1 aromatic carbocycles. The van der Waals surface area contributed by atoms with E-state index in [0.717, 1.165) is 10.9 Å². The molecule has 8 heteroatoms. The van der Waals surface area contributed by atoms with Gasteiger partial charge in [-0.15, -0.1) is 11.3 Å². The van der Waals surface area contributed by atoms with Crippen LogP contribution in [0.25, 0.3) is 0 Å². The molecule has 0 radical (unpaired) electrons. The highest BCUT2D eigenvalue weighted by Gasteiger charge is 2.21. The van der Waals surface area contributed by atoms with E-state index in [1.165, 1.54) is 30.4 Å². The number of thiophene rings is 1. The van der Waals surface area contributed by atoms with Crippen molar-refractivity contribution in [1.82, 2.24) is 4.72 Å². The zero-order chi connectivity index (χ0) is 16.9. The largest absolute Gasteiger partial charge is 0.394 e. The molecule has 0 aliphatic heterocycles. The summed E-state index contributed by atoms with van der Waals surface area (Å²) in [5, 5.41) is 10.7. The van der Waals surface area contributed by atoms with Gasteiger partial charge in [0.1, 0.15) is 11.9 Å². The van der Waals surface area contributed by atoms with Crippen LogP contribution in [0, 0.1) is 12.7 Å². The summed E-state index contributed by atoms with van der Waals surface area (Å²) in [4.78, 5) is 0.892. The molecule has 1 heterocycles. The van der Waals surface area contributed by atoms with Gasteiger partial charge in [-0.2, -0.15) is 0 Å². The number of hydrogen-bond donors (Lipinski definition) is 2. The maximum atomic E-state index is 13.1. The van der Waals surface area contributed by atoms with Crippen LogP contribution in [0.15, 0.2) is 40.6 Å². The van der Waals surface area contributed by atoms with Crippen molar-refractivity contribution in [3.8, 4) is 0 Å². The molecule has 2 aromatic rings. The quantitative estimate of drug-likeness (QED) is 0.758. The second-order valence-electron chi connectivity index (χ2n) is 4.86. The van der Waals surface area contributed by atoms with E-state index in [1.54, 1.807) is 0 Å². The van der Waals surface area contributed by atoms with Gasteiger partial charge in [0, 0.05) is 11.4 Å². The lowest BCUT2D eigenvalue weighted by molar-refractivity contribution is 0.0328. The van der Waals surface area contributed by atoms with E-state index in [0.29, 0.717) is 5.56 Å². The van der Waals surface area contributed by atoms with Gasteiger partial charge in [-0.25, -0.2) is 17.5 Å². The Morgan fingerprint density at radius 2 is 2.17 bits per heavy atom. The van der Waals surface area contributed by atoms with Crippen LogP contribution < -0.4 is 4.72 Å². The zero-order valence-electron chi connectivity index (χ0n) is 12.5. The minimum absolute atomic E-state index is 0.0274. The summed E-state index contributed by atoms with van der Waals surface area (Å²) < 4.78 is 45.8. The number of nitrogens with one attached hydrogen (secondary N) is 1. The maximum Gasteiger partial charge on any atom is 0.240 e. The summed E-state index contributed by atoms with van der Waals surface area (Å²) in [6, 6.07) is 7.20. The van der Waals surface area contributed by atoms with Crippen LogP contribution in [0.1, 0.15) is 16.5 Å². The van der Waals surface area contributed by atoms with Gasteiger partial charge in [0.15, 0.2) is 0 Å². The summed E-state index contributed by atoms with van der Waals surface area (Å²) in [6.45, 7) is 1.53. The Balaban J connectivity index is 2.12. The Labute approximate surface area is 138 Å². The highest BCUT2D eigenvalue weighted by Crippen LogP contribution is 2.23. The van der Waals surface area contributed by atoms with Crippen LogP contribution >= 0.6 is 11.3 Å². The lowest BCUT2D eigenvalue weighted by Crippen LogP contribution is -2.30. The van der Waals surface area contributed by atoms with Crippen molar-refractivity contribution in [2.24, 2.45) is 0 Å². The van der Waals surface area contributed by atoms with Gasteiger partial charge in [-0.3, -0.25) is 0 Å². The molecular formula is C15H18FNO4S2. The molecule has 2 rings (SSSR count). The predicted molar refractivity (Wildman–Crippen MR) is 86.4 cm³/mol. The number of hydrogen-bond acceptors (Lipinski definition) is 5. The Morgan fingerprint density at radius 1 is 1.39 bits per heavy atom. The lowest BCUT2D eigenvalue weighted by atomic mass is 10.2. The standard InChI is InChI=1S/C15H18FNO4S2/c1-11-9-12(16)4-5-15(11)23(19,20)17-10-13(21-7-6-18)14-3-2-8-22-14/h2-5,8-9,13,17-18H,6-7,10H2,1H3. The average Bonchev–Trinajstić information content (AvgIpc) is 3.01. The molecule has 2 N–H and O–H groups in total. The number of halogens is 1. The minimum Gasteiger partial charge on any atom is -0.394 e. The molecule has 0 aliphatic rings. The van der Waals surface area contributed by atoms with Gasteiger partial charge < -0.3 is 9.84 Å². The van der Waals surface area contributed by atoms with Gasteiger partial charge in [-0.05, 0) is 42.1 Å². The molecule has 126 valence electrons. The summed E-state index contributed by atoms with van der Waals surface area (Å²) in [6.07, 6.45) is -0.488. The molecule has 1 atom stereocenters. The second kappa shape index (κ2) is 7.98. The van der Waals surface area contributed by atoms with Gasteiger partial charge >= 0.3 is 0 Å². The number of benzene rings is 1. The Morgan fingerprint density at radius 3 is 2.78 bits per heavy atom. The van der Waals surface area contributed by atoms with Crippen LogP contribution in [-0.4, -0.2) is 33.3 Å². The summed E-state index contributed by atoms with van der Waals surface area (Å²) >= 11 is 1.44. The highest BCUT2D eigenvalue weighted by molar-refractivity contribution is 7.89. The van der Waals surface area contributed by atoms with E-state index in [-0.39, 0.29) is 24.7 Å². The van der Waals surface area contributed by atoms with E-state index in [4.69, 9.17) is 9.84 Å². The topological polar surface area (TPSA) is 75.6 Å². The van der Waals surface area contributed by atoms with E-state index >= 15 is 0 Å². The van der Waals surface area contributed by atoms with Crippen molar-refractivity contribution >= 4 is 21.4 Å². The molecule has 23 heavy (non-hydrogen) atoms. The first-order valence-corrected chi connectivity index (χ1v) is 9.32. The number of sulfonamides is 1. The highest BCUT2D eigenvalue weighted by atomic mass is 32.2. The predicted octanol–water partition coefficient (Wildman–Crippen LogP) is 2.22. The fraction of sp³-hybridized carbons (Fsp3) is 0.333. The van der Waals surface area contributed by atoms with Gasteiger partial charge in [-0.1, -0.05) is 6.07 Å². The van der Waals surface area contributed by atoms with Gasteiger partial charge in [0.05, 0.1) is 18.1 Å². The molecule has 1 unspecified atom stereocenters.